The highest BCUT2D eigenvalue weighted by Gasteiger charge is 2.24. The van der Waals surface area contributed by atoms with Crippen molar-refractivity contribution in [3.05, 3.63) is 47.4 Å². The lowest BCUT2D eigenvalue weighted by atomic mass is 9.85. The van der Waals surface area contributed by atoms with Crippen molar-refractivity contribution in [2.24, 2.45) is 5.73 Å². The Morgan fingerprint density at radius 1 is 1.14 bits per heavy atom. The van der Waals surface area contributed by atoms with Crippen LogP contribution in [0.25, 0.3) is 16.6 Å². The summed E-state index contributed by atoms with van der Waals surface area (Å²) < 4.78 is 1.81. The highest BCUT2D eigenvalue weighted by Crippen LogP contribution is 2.34. The minimum absolute atomic E-state index is 0.323. The van der Waals surface area contributed by atoms with E-state index >= 15 is 0 Å². The SMILES string of the molecule is Cc1cc2cc(Nc3c(C)c(N)nn4cc([C@H]5CC[C@H](N)CC5)nc34)ccc2[nH]1. The van der Waals surface area contributed by atoms with Gasteiger partial charge >= 0.3 is 0 Å². The maximum Gasteiger partial charge on any atom is 0.177 e. The zero-order chi connectivity index (χ0) is 20.1. The van der Waals surface area contributed by atoms with Crippen molar-refractivity contribution in [3.8, 4) is 0 Å². The Balaban J connectivity index is 1.55. The fourth-order valence-electron chi connectivity index (χ4n) is 4.38. The summed E-state index contributed by atoms with van der Waals surface area (Å²) in [4.78, 5) is 8.32. The smallest absolute Gasteiger partial charge is 0.177 e. The number of benzene rings is 1. The van der Waals surface area contributed by atoms with Crippen LogP contribution in [0.5, 0.6) is 0 Å². The fourth-order valence-corrected chi connectivity index (χ4v) is 4.38. The van der Waals surface area contributed by atoms with Crippen molar-refractivity contribution in [1.29, 1.82) is 0 Å². The molecule has 0 bridgehead atoms. The lowest BCUT2D eigenvalue weighted by Crippen LogP contribution is -2.25. The van der Waals surface area contributed by atoms with Crippen LogP contribution in [-0.4, -0.2) is 25.6 Å². The maximum atomic E-state index is 6.22. The molecule has 0 saturated heterocycles. The number of nitrogen functional groups attached to an aromatic ring is 1. The van der Waals surface area contributed by atoms with Crippen LogP contribution in [0, 0.1) is 13.8 Å². The summed E-state index contributed by atoms with van der Waals surface area (Å²) in [5, 5.41) is 9.24. The van der Waals surface area contributed by atoms with Crippen LogP contribution < -0.4 is 16.8 Å². The van der Waals surface area contributed by atoms with Crippen LogP contribution in [0.1, 0.15) is 48.6 Å². The molecule has 1 aliphatic rings. The highest BCUT2D eigenvalue weighted by atomic mass is 15.3. The van der Waals surface area contributed by atoms with Gasteiger partial charge in [0.05, 0.1) is 17.6 Å². The Hall–Kier alpha value is -3.06. The zero-order valence-corrected chi connectivity index (χ0v) is 16.9. The summed E-state index contributed by atoms with van der Waals surface area (Å²) in [7, 11) is 0. The predicted octanol–water partition coefficient (Wildman–Crippen LogP) is 4.14. The van der Waals surface area contributed by atoms with Gasteiger partial charge < -0.3 is 21.8 Å². The van der Waals surface area contributed by atoms with Gasteiger partial charge in [-0.1, -0.05) is 0 Å². The van der Waals surface area contributed by atoms with Gasteiger partial charge in [-0.25, -0.2) is 9.50 Å². The number of aromatic nitrogens is 4. The Morgan fingerprint density at radius 3 is 2.72 bits per heavy atom. The molecule has 0 amide bonds. The second kappa shape index (κ2) is 6.77. The zero-order valence-electron chi connectivity index (χ0n) is 16.9. The number of nitrogens with one attached hydrogen (secondary N) is 2. The number of imidazole rings is 1. The molecule has 0 unspecified atom stereocenters. The molecule has 150 valence electrons. The van der Waals surface area contributed by atoms with Gasteiger partial charge in [0.25, 0.3) is 0 Å². The Kier molecular flexibility index (Phi) is 4.20. The third-order valence-electron chi connectivity index (χ3n) is 6.12. The molecule has 0 radical (unpaired) electrons. The third-order valence-corrected chi connectivity index (χ3v) is 6.12. The van der Waals surface area contributed by atoms with Crippen LogP contribution in [0.4, 0.5) is 17.2 Å². The standard InChI is InChI=1S/C22H27N7/c1-12-9-15-10-17(7-8-18(15)25-12)26-20-13(2)21(24)28-29-11-19(27-22(20)29)14-3-5-16(23)6-4-14/h7-11,14,16,25-26H,3-6,23H2,1-2H3,(H2,24,28)/t14-,16-. The summed E-state index contributed by atoms with van der Waals surface area (Å²) in [6, 6.07) is 8.76. The number of aromatic amines is 1. The van der Waals surface area contributed by atoms with E-state index in [1.165, 1.54) is 5.39 Å². The van der Waals surface area contributed by atoms with Crippen molar-refractivity contribution in [1.82, 2.24) is 19.6 Å². The largest absolute Gasteiger partial charge is 0.382 e. The Bertz CT molecular complexity index is 1200. The molecule has 3 aromatic heterocycles. The van der Waals surface area contributed by atoms with Crippen molar-refractivity contribution in [2.45, 2.75) is 51.5 Å². The first-order valence-electron chi connectivity index (χ1n) is 10.3. The quantitative estimate of drug-likeness (QED) is 0.421. The van der Waals surface area contributed by atoms with Gasteiger partial charge in [-0.3, -0.25) is 0 Å². The predicted molar refractivity (Wildman–Crippen MR) is 118 cm³/mol. The highest BCUT2D eigenvalue weighted by molar-refractivity contribution is 5.87. The van der Waals surface area contributed by atoms with Gasteiger partial charge in [0.15, 0.2) is 5.65 Å². The van der Waals surface area contributed by atoms with E-state index in [1.54, 1.807) is 0 Å². The first-order valence-corrected chi connectivity index (χ1v) is 10.3. The number of H-pyrrole nitrogens is 1. The summed E-state index contributed by atoms with van der Waals surface area (Å²) in [5.41, 5.74) is 19.3. The van der Waals surface area contributed by atoms with Crippen LogP contribution in [-0.2, 0) is 0 Å². The van der Waals surface area contributed by atoms with Gasteiger partial charge in [0.1, 0.15) is 5.82 Å². The first kappa shape index (κ1) is 18.0. The lowest BCUT2D eigenvalue weighted by Gasteiger charge is -2.24. The fraction of sp³-hybridized carbons (Fsp3) is 0.364. The molecule has 1 aliphatic carbocycles. The number of nitrogens with zero attached hydrogens (tertiary/aromatic N) is 3. The van der Waals surface area contributed by atoms with E-state index < -0.39 is 0 Å². The Morgan fingerprint density at radius 2 is 1.93 bits per heavy atom. The average Bonchev–Trinajstić information content (AvgIpc) is 3.28. The average molecular weight is 390 g/mol. The van der Waals surface area contributed by atoms with Gasteiger partial charge in [-0.05, 0) is 63.8 Å². The molecular weight excluding hydrogens is 362 g/mol. The minimum atomic E-state index is 0.323. The van der Waals surface area contributed by atoms with E-state index in [9.17, 15) is 0 Å². The maximum absolute atomic E-state index is 6.22. The number of anilines is 3. The number of rotatable bonds is 3. The van der Waals surface area contributed by atoms with E-state index in [0.717, 1.165) is 65.2 Å². The number of hydrogen-bond acceptors (Lipinski definition) is 5. The molecule has 4 aromatic rings. The monoisotopic (exact) mass is 389 g/mol. The second-order valence-corrected chi connectivity index (χ2v) is 8.31. The molecule has 0 atom stereocenters. The molecule has 5 rings (SSSR count). The third kappa shape index (κ3) is 3.21. The number of hydrogen-bond donors (Lipinski definition) is 4. The van der Waals surface area contributed by atoms with Crippen molar-refractivity contribution in [3.63, 3.8) is 0 Å². The van der Waals surface area contributed by atoms with Crippen LogP contribution in [0.15, 0.2) is 30.5 Å². The summed E-state index contributed by atoms with van der Waals surface area (Å²) in [6.07, 6.45) is 6.27. The number of fused-ring (bicyclic) bond motifs is 2. The van der Waals surface area contributed by atoms with Crippen molar-refractivity contribution >= 4 is 33.7 Å². The van der Waals surface area contributed by atoms with Crippen LogP contribution >= 0.6 is 0 Å². The van der Waals surface area contributed by atoms with Crippen molar-refractivity contribution < 1.29 is 0 Å². The molecule has 0 spiro atoms. The van der Waals surface area contributed by atoms with E-state index in [2.05, 4.69) is 46.6 Å². The molecule has 6 N–H and O–H groups in total. The van der Waals surface area contributed by atoms with E-state index in [4.69, 9.17) is 16.5 Å². The molecular formula is C22H27N7. The van der Waals surface area contributed by atoms with Crippen molar-refractivity contribution in [2.75, 3.05) is 11.1 Å². The molecule has 0 aliphatic heterocycles. The van der Waals surface area contributed by atoms with E-state index in [1.807, 2.05) is 17.6 Å². The normalized spacial score (nSPS) is 19.8. The van der Waals surface area contributed by atoms with Crippen LogP contribution in [0.3, 0.4) is 0 Å². The molecule has 7 heteroatoms. The van der Waals surface area contributed by atoms with E-state index in [0.29, 0.717) is 17.8 Å². The second-order valence-electron chi connectivity index (χ2n) is 8.31. The molecule has 3 heterocycles. The number of aryl methyl sites for hydroxylation is 1. The number of nitrogens with two attached hydrogens (primary N) is 2. The Labute approximate surface area is 169 Å². The van der Waals surface area contributed by atoms with Gasteiger partial charge in [0, 0.05) is 39.8 Å². The van der Waals surface area contributed by atoms with Gasteiger partial charge in [-0.2, -0.15) is 0 Å². The summed E-state index contributed by atoms with van der Waals surface area (Å²) in [5.74, 6) is 0.943. The minimum Gasteiger partial charge on any atom is -0.382 e. The molecule has 29 heavy (non-hydrogen) atoms. The molecule has 1 fully saturated rings. The van der Waals surface area contributed by atoms with Crippen LogP contribution in [0.2, 0.25) is 0 Å². The summed E-state index contributed by atoms with van der Waals surface area (Å²) >= 11 is 0. The molecule has 7 nitrogen and oxygen atoms in total. The lowest BCUT2D eigenvalue weighted by molar-refractivity contribution is 0.391. The van der Waals surface area contributed by atoms with Gasteiger partial charge in [-0.15, -0.1) is 5.10 Å². The molecule has 1 saturated carbocycles. The topological polar surface area (TPSA) is 110 Å². The first-order chi connectivity index (χ1) is 14.0. The van der Waals surface area contributed by atoms with Gasteiger partial charge in [0.2, 0.25) is 0 Å². The van der Waals surface area contributed by atoms with E-state index in [-0.39, 0.29) is 0 Å². The summed E-state index contributed by atoms with van der Waals surface area (Å²) in [6.45, 7) is 4.05. The molecule has 1 aromatic carbocycles.